The Balaban J connectivity index is 1.38. The van der Waals surface area contributed by atoms with Crippen LogP contribution in [0.5, 0.6) is 0 Å². The Kier molecular flexibility index (Phi) is 3.70. The second-order valence-corrected chi connectivity index (χ2v) is 5.78. The highest BCUT2D eigenvalue weighted by Gasteiger charge is 2.21. The molecule has 0 aliphatic carbocycles. The fraction of sp³-hybridized carbons (Fsp3) is 0.438. The van der Waals surface area contributed by atoms with Crippen LogP contribution in [0.2, 0.25) is 0 Å². The molecule has 4 rings (SSSR count). The molecule has 7 heteroatoms. The highest BCUT2D eigenvalue weighted by Crippen LogP contribution is 2.18. The molecular weight excluding hydrogens is 292 g/mol. The Hall–Kier alpha value is -2.41. The summed E-state index contributed by atoms with van der Waals surface area (Å²) in [6.07, 6.45) is 0.785. The average Bonchev–Trinajstić information content (AvgIpc) is 3.21. The summed E-state index contributed by atoms with van der Waals surface area (Å²) in [5, 5.41) is 8.11. The van der Waals surface area contributed by atoms with Gasteiger partial charge in [0.2, 0.25) is 17.7 Å². The lowest BCUT2D eigenvalue weighted by Crippen LogP contribution is -2.46. The Morgan fingerprint density at radius 2 is 1.87 bits per heavy atom. The molecule has 0 spiro atoms. The molecule has 23 heavy (non-hydrogen) atoms. The van der Waals surface area contributed by atoms with Crippen LogP contribution in [0.25, 0.3) is 11.0 Å². The molecule has 0 unspecified atom stereocenters. The minimum absolute atomic E-state index is 0.707. The molecule has 7 nitrogen and oxygen atoms in total. The van der Waals surface area contributed by atoms with E-state index < -0.39 is 0 Å². The third-order valence-electron chi connectivity index (χ3n) is 4.22. The molecule has 0 saturated carbocycles. The van der Waals surface area contributed by atoms with Crippen LogP contribution < -0.4 is 4.90 Å². The molecule has 1 aliphatic heterocycles. The van der Waals surface area contributed by atoms with Gasteiger partial charge in [-0.2, -0.15) is 0 Å². The largest absolute Gasteiger partial charge is 0.424 e. The van der Waals surface area contributed by atoms with Crippen LogP contribution in [0.1, 0.15) is 18.7 Å². The first-order valence-electron chi connectivity index (χ1n) is 8.05. The van der Waals surface area contributed by atoms with Crippen LogP contribution in [-0.2, 0) is 13.0 Å². The molecule has 1 N–H and O–H groups in total. The van der Waals surface area contributed by atoms with Crippen molar-refractivity contribution in [3.8, 4) is 0 Å². The molecule has 1 aromatic carbocycles. The maximum Gasteiger partial charge on any atom is 0.230 e. The first kappa shape index (κ1) is 14.2. The van der Waals surface area contributed by atoms with Gasteiger partial charge in [-0.15, -0.1) is 10.2 Å². The van der Waals surface area contributed by atoms with Crippen molar-refractivity contribution in [2.24, 2.45) is 0 Å². The summed E-state index contributed by atoms with van der Waals surface area (Å²) >= 11 is 0. The molecule has 0 radical (unpaired) electrons. The summed E-state index contributed by atoms with van der Waals surface area (Å²) in [4.78, 5) is 12.7. The topological polar surface area (TPSA) is 74.1 Å². The summed E-state index contributed by atoms with van der Waals surface area (Å²) in [6, 6.07) is 8.13. The van der Waals surface area contributed by atoms with E-state index in [1.807, 2.05) is 25.1 Å². The Labute approximate surface area is 134 Å². The fourth-order valence-electron chi connectivity index (χ4n) is 2.89. The molecule has 3 heterocycles. The summed E-state index contributed by atoms with van der Waals surface area (Å²) in [6.45, 7) is 6.54. The van der Waals surface area contributed by atoms with E-state index in [9.17, 15) is 0 Å². The number of hydrogen-bond acceptors (Lipinski definition) is 6. The van der Waals surface area contributed by atoms with Crippen LogP contribution in [0, 0.1) is 0 Å². The zero-order valence-corrected chi connectivity index (χ0v) is 13.2. The van der Waals surface area contributed by atoms with Gasteiger partial charge >= 0.3 is 0 Å². The molecule has 1 aliphatic rings. The van der Waals surface area contributed by atoms with Gasteiger partial charge in [0.05, 0.1) is 17.6 Å². The molecule has 0 bridgehead atoms. The molecule has 1 saturated heterocycles. The number of aryl methyl sites for hydroxylation is 1. The van der Waals surface area contributed by atoms with Crippen LogP contribution in [-0.4, -0.2) is 51.2 Å². The fourth-order valence-corrected chi connectivity index (χ4v) is 2.89. The number of hydrogen-bond donors (Lipinski definition) is 1. The third kappa shape index (κ3) is 2.92. The van der Waals surface area contributed by atoms with Crippen LogP contribution in [0.3, 0.4) is 0 Å². The van der Waals surface area contributed by atoms with E-state index >= 15 is 0 Å². The van der Waals surface area contributed by atoms with E-state index in [-0.39, 0.29) is 0 Å². The van der Waals surface area contributed by atoms with Crippen molar-refractivity contribution in [3.05, 3.63) is 36.0 Å². The van der Waals surface area contributed by atoms with Gasteiger partial charge < -0.3 is 14.3 Å². The molecule has 0 atom stereocenters. The van der Waals surface area contributed by atoms with Gasteiger partial charge in [0.15, 0.2) is 0 Å². The van der Waals surface area contributed by atoms with Crippen LogP contribution >= 0.6 is 0 Å². The maximum absolute atomic E-state index is 5.59. The number of para-hydroxylation sites is 2. The van der Waals surface area contributed by atoms with Crippen molar-refractivity contribution in [1.29, 1.82) is 0 Å². The smallest absolute Gasteiger partial charge is 0.230 e. The van der Waals surface area contributed by atoms with Gasteiger partial charge in [-0.1, -0.05) is 19.1 Å². The number of nitrogens with one attached hydrogen (secondary N) is 1. The van der Waals surface area contributed by atoms with Gasteiger partial charge in [0.25, 0.3) is 0 Å². The number of H-pyrrole nitrogens is 1. The number of anilines is 1. The average molecular weight is 312 g/mol. The lowest BCUT2D eigenvalue weighted by atomic mass is 10.3. The predicted molar refractivity (Wildman–Crippen MR) is 87.3 cm³/mol. The van der Waals surface area contributed by atoms with E-state index in [0.717, 1.165) is 56.1 Å². The molecule has 0 amide bonds. The van der Waals surface area contributed by atoms with Gasteiger partial charge in [-0.25, -0.2) is 4.98 Å². The molecule has 2 aromatic heterocycles. The van der Waals surface area contributed by atoms with Gasteiger partial charge in [0.1, 0.15) is 0 Å². The van der Waals surface area contributed by atoms with Crippen molar-refractivity contribution < 1.29 is 4.42 Å². The second-order valence-electron chi connectivity index (χ2n) is 5.78. The van der Waals surface area contributed by atoms with Crippen molar-refractivity contribution in [2.75, 3.05) is 31.1 Å². The monoisotopic (exact) mass is 312 g/mol. The zero-order chi connectivity index (χ0) is 15.6. The third-order valence-corrected chi connectivity index (χ3v) is 4.22. The maximum atomic E-state index is 5.59. The zero-order valence-electron chi connectivity index (χ0n) is 13.2. The number of nitrogens with zero attached hydrogens (tertiary/aromatic N) is 5. The van der Waals surface area contributed by atoms with Gasteiger partial charge in [-0.05, 0) is 12.1 Å². The lowest BCUT2D eigenvalue weighted by Gasteiger charge is -2.33. The molecule has 1 fully saturated rings. The number of aromatic nitrogens is 4. The Bertz CT molecular complexity index is 754. The highest BCUT2D eigenvalue weighted by atomic mass is 16.4. The molecular formula is C16H20N6O. The highest BCUT2D eigenvalue weighted by molar-refractivity contribution is 5.77. The van der Waals surface area contributed by atoms with Crippen molar-refractivity contribution >= 4 is 17.0 Å². The summed E-state index contributed by atoms with van der Waals surface area (Å²) in [7, 11) is 0. The number of benzene rings is 1. The second kappa shape index (κ2) is 6.00. The van der Waals surface area contributed by atoms with Gasteiger partial charge in [-0.3, -0.25) is 4.90 Å². The Morgan fingerprint density at radius 3 is 2.61 bits per heavy atom. The Morgan fingerprint density at radius 1 is 1.09 bits per heavy atom. The van der Waals surface area contributed by atoms with Crippen LogP contribution in [0.15, 0.2) is 28.7 Å². The van der Waals surface area contributed by atoms with Crippen LogP contribution in [0.4, 0.5) is 5.95 Å². The number of rotatable bonds is 4. The van der Waals surface area contributed by atoms with E-state index in [0.29, 0.717) is 11.8 Å². The minimum atomic E-state index is 0.707. The SMILES string of the molecule is CCc1nnc(CN2CCN(c3nc4ccccc4[nH]3)CC2)o1. The predicted octanol–water partition coefficient (Wildman–Crippen LogP) is 1.83. The summed E-state index contributed by atoms with van der Waals surface area (Å²) in [5.41, 5.74) is 2.10. The summed E-state index contributed by atoms with van der Waals surface area (Å²) < 4.78 is 5.59. The number of piperazine rings is 1. The van der Waals surface area contributed by atoms with Crippen molar-refractivity contribution in [1.82, 2.24) is 25.1 Å². The minimum Gasteiger partial charge on any atom is -0.424 e. The molecule has 3 aromatic rings. The van der Waals surface area contributed by atoms with Crippen molar-refractivity contribution in [2.45, 2.75) is 19.9 Å². The van der Waals surface area contributed by atoms with E-state index in [1.165, 1.54) is 0 Å². The van der Waals surface area contributed by atoms with E-state index in [1.54, 1.807) is 0 Å². The first-order valence-corrected chi connectivity index (χ1v) is 8.05. The summed E-state index contributed by atoms with van der Waals surface area (Å²) in [5.74, 6) is 2.37. The number of fused-ring (bicyclic) bond motifs is 1. The number of imidazole rings is 1. The van der Waals surface area contributed by atoms with Crippen molar-refractivity contribution in [3.63, 3.8) is 0 Å². The normalized spacial score (nSPS) is 16.3. The van der Waals surface area contributed by atoms with Gasteiger partial charge in [0, 0.05) is 32.6 Å². The first-order chi connectivity index (χ1) is 11.3. The number of aromatic amines is 1. The molecule has 120 valence electrons. The van der Waals surface area contributed by atoms with E-state index in [4.69, 9.17) is 4.42 Å². The van der Waals surface area contributed by atoms with E-state index in [2.05, 4.69) is 36.0 Å². The quantitative estimate of drug-likeness (QED) is 0.792. The lowest BCUT2D eigenvalue weighted by molar-refractivity contribution is 0.223. The standard InChI is InChI=1S/C16H20N6O/c1-2-14-19-20-15(23-14)11-21-7-9-22(10-8-21)16-17-12-5-3-4-6-13(12)18-16/h3-6H,2,7-11H2,1H3,(H,17,18).